The van der Waals surface area contributed by atoms with Gasteiger partial charge in [-0.05, 0) is 91.4 Å². The summed E-state index contributed by atoms with van der Waals surface area (Å²) in [5.41, 5.74) is 4.34. The van der Waals surface area contributed by atoms with E-state index in [0.29, 0.717) is 12.3 Å². The molecule has 166 valence electrons. The van der Waals surface area contributed by atoms with Gasteiger partial charge in [0.15, 0.2) is 0 Å². The van der Waals surface area contributed by atoms with Crippen molar-refractivity contribution in [3.8, 4) is 0 Å². The Morgan fingerprint density at radius 3 is 2.24 bits per heavy atom. The number of rotatable bonds is 12. The van der Waals surface area contributed by atoms with Crippen molar-refractivity contribution in [2.45, 2.75) is 105 Å². The van der Waals surface area contributed by atoms with Crippen LogP contribution < -0.4 is 0 Å². The summed E-state index contributed by atoms with van der Waals surface area (Å²) in [6.07, 6.45) is 17.4. The predicted octanol–water partition coefficient (Wildman–Crippen LogP) is 6.59. The number of aliphatic hydroxyl groups excluding tert-OH is 1. The van der Waals surface area contributed by atoms with Crippen LogP contribution in [0.2, 0.25) is 0 Å². The quantitative estimate of drug-likeness (QED) is 0.374. The Kier molecular flexibility index (Phi) is 12.9. The highest BCUT2D eigenvalue weighted by atomic mass is 16.3. The normalized spacial score (nSPS) is 19.2. The molecule has 1 saturated heterocycles. The van der Waals surface area contributed by atoms with Crippen LogP contribution in [0.5, 0.6) is 0 Å². The van der Waals surface area contributed by atoms with Crippen molar-refractivity contribution in [2.75, 3.05) is 13.2 Å². The van der Waals surface area contributed by atoms with E-state index >= 15 is 0 Å². The molecule has 0 aromatic heterocycles. The molecule has 1 aliphatic heterocycles. The van der Waals surface area contributed by atoms with Gasteiger partial charge in [-0.1, -0.05) is 41.9 Å². The van der Waals surface area contributed by atoms with Crippen molar-refractivity contribution < 1.29 is 9.90 Å². The number of amides is 1. The first-order valence-corrected chi connectivity index (χ1v) is 11.7. The van der Waals surface area contributed by atoms with E-state index in [1.165, 1.54) is 16.7 Å². The van der Waals surface area contributed by atoms with Gasteiger partial charge in [-0.2, -0.15) is 0 Å². The Morgan fingerprint density at radius 1 is 1.00 bits per heavy atom. The van der Waals surface area contributed by atoms with E-state index in [4.69, 9.17) is 0 Å². The minimum absolute atomic E-state index is 0.0455. The summed E-state index contributed by atoms with van der Waals surface area (Å²) >= 11 is 0. The highest BCUT2D eigenvalue weighted by molar-refractivity contribution is 5.76. The summed E-state index contributed by atoms with van der Waals surface area (Å²) in [6.45, 7) is 11.9. The number of nitrogens with zero attached hydrogens (tertiary/aromatic N) is 1. The van der Waals surface area contributed by atoms with Crippen LogP contribution in [0.15, 0.2) is 34.9 Å². The molecular formula is C26H45NO2. The number of allylic oxidation sites excluding steroid dienone is 6. The largest absolute Gasteiger partial charge is 0.394 e. The highest BCUT2D eigenvalue weighted by Crippen LogP contribution is 2.21. The zero-order valence-corrected chi connectivity index (χ0v) is 19.7. The summed E-state index contributed by atoms with van der Waals surface area (Å²) in [6, 6.07) is 0.0455. The first-order chi connectivity index (χ1) is 13.8. The molecule has 3 heteroatoms. The zero-order valence-electron chi connectivity index (χ0n) is 19.7. The molecule has 1 fully saturated rings. The Hall–Kier alpha value is -1.35. The fraction of sp³-hybridized carbons (Fsp3) is 0.731. The molecule has 1 N–H and O–H groups in total. The highest BCUT2D eigenvalue weighted by Gasteiger charge is 2.26. The third-order valence-electron chi connectivity index (χ3n) is 5.96. The third-order valence-corrected chi connectivity index (χ3v) is 5.96. The lowest BCUT2D eigenvalue weighted by Gasteiger charge is -2.35. The van der Waals surface area contributed by atoms with Gasteiger partial charge in [-0.3, -0.25) is 4.79 Å². The van der Waals surface area contributed by atoms with Crippen LogP contribution in [-0.4, -0.2) is 35.1 Å². The van der Waals surface area contributed by atoms with Crippen LogP contribution in [0.25, 0.3) is 0 Å². The van der Waals surface area contributed by atoms with E-state index in [9.17, 15) is 9.90 Å². The number of hydrogen-bond donors (Lipinski definition) is 1. The molecule has 3 nitrogen and oxygen atoms in total. The first-order valence-electron chi connectivity index (χ1n) is 11.7. The molecule has 0 saturated carbocycles. The lowest BCUT2D eigenvalue weighted by atomic mass is 9.97. The van der Waals surface area contributed by atoms with E-state index in [2.05, 4.69) is 52.8 Å². The maximum Gasteiger partial charge on any atom is 0.223 e. The Balaban J connectivity index is 2.27. The molecule has 29 heavy (non-hydrogen) atoms. The predicted molar refractivity (Wildman–Crippen MR) is 125 cm³/mol. The molecule has 2 atom stereocenters. The molecule has 1 rings (SSSR count). The average Bonchev–Trinajstić information content (AvgIpc) is 2.67. The summed E-state index contributed by atoms with van der Waals surface area (Å²) in [4.78, 5) is 14.5. The van der Waals surface area contributed by atoms with Gasteiger partial charge in [-0.25, -0.2) is 0 Å². The summed E-state index contributed by atoms with van der Waals surface area (Å²) in [5.74, 6) is 0.621. The van der Waals surface area contributed by atoms with Crippen molar-refractivity contribution in [1.29, 1.82) is 0 Å². The molecular weight excluding hydrogens is 358 g/mol. The second-order valence-electron chi connectivity index (χ2n) is 9.27. The Labute approximate surface area is 180 Å². The summed E-state index contributed by atoms with van der Waals surface area (Å²) < 4.78 is 0. The molecule has 2 unspecified atom stereocenters. The summed E-state index contributed by atoms with van der Waals surface area (Å²) in [5, 5.41) is 9.51. The van der Waals surface area contributed by atoms with Gasteiger partial charge in [0.25, 0.3) is 0 Å². The monoisotopic (exact) mass is 403 g/mol. The standard InChI is InChI=1S/C26H45NO2/c1-21(2)11-8-12-22(3)13-9-14-23(4)15-10-16-24(5)19-26(29)27-18-7-6-17-25(27)20-28/h11,13,15,24-25,28H,6-10,12,14,16-20H2,1-5H3/b22-13+,23-15+. The van der Waals surface area contributed by atoms with Crippen LogP contribution in [-0.2, 0) is 4.79 Å². The van der Waals surface area contributed by atoms with Crippen molar-refractivity contribution in [1.82, 2.24) is 4.90 Å². The molecule has 0 spiro atoms. The van der Waals surface area contributed by atoms with E-state index in [1.807, 2.05) is 4.90 Å². The second-order valence-corrected chi connectivity index (χ2v) is 9.27. The second kappa shape index (κ2) is 14.6. The number of carbonyl (C=O) groups excluding carboxylic acids is 1. The lowest BCUT2D eigenvalue weighted by molar-refractivity contribution is -0.136. The first kappa shape index (κ1) is 25.7. The number of aliphatic hydroxyl groups is 1. The minimum Gasteiger partial charge on any atom is -0.394 e. The van der Waals surface area contributed by atoms with Crippen LogP contribution in [0.4, 0.5) is 0 Å². The molecule has 0 aromatic carbocycles. The number of likely N-dealkylation sites (tertiary alicyclic amines) is 1. The molecule has 1 aliphatic rings. The fourth-order valence-corrected chi connectivity index (χ4v) is 3.99. The van der Waals surface area contributed by atoms with Crippen LogP contribution >= 0.6 is 0 Å². The molecule has 0 aliphatic carbocycles. The van der Waals surface area contributed by atoms with Gasteiger partial charge >= 0.3 is 0 Å². The van der Waals surface area contributed by atoms with E-state index in [1.54, 1.807) is 0 Å². The molecule has 1 heterocycles. The van der Waals surface area contributed by atoms with Gasteiger partial charge in [0.1, 0.15) is 0 Å². The van der Waals surface area contributed by atoms with Crippen LogP contribution in [0.1, 0.15) is 98.8 Å². The van der Waals surface area contributed by atoms with Crippen molar-refractivity contribution >= 4 is 5.91 Å². The Morgan fingerprint density at radius 2 is 1.62 bits per heavy atom. The average molecular weight is 404 g/mol. The maximum absolute atomic E-state index is 12.6. The van der Waals surface area contributed by atoms with Crippen molar-refractivity contribution in [2.24, 2.45) is 5.92 Å². The van der Waals surface area contributed by atoms with E-state index in [-0.39, 0.29) is 18.6 Å². The van der Waals surface area contributed by atoms with Crippen molar-refractivity contribution in [3.63, 3.8) is 0 Å². The fourth-order valence-electron chi connectivity index (χ4n) is 3.99. The molecule has 1 amide bonds. The van der Waals surface area contributed by atoms with Crippen molar-refractivity contribution in [3.05, 3.63) is 34.9 Å². The SMILES string of the molecule is CC(C)=CCC/C(C)=C/CC/C(C)=C/CCC(C)CC(=O)N1CCCCC1CO. The maximum atomic E-state index is 12.6. The zero-order chi connectivity index (χ0) is 21.6. The Bertz CT molecular complexity index is 569. The minimum atomic E-state index is 0.0455. The van der Waals surface area contributed by atoms with E-state index < -0.39 is 0 Å². The lowest BCUT2D eigenvalue weighted by Crippen LogP contribution is -2.46. The smallest absolute Gasteiger partial charge is 0.223 e. The molecule has 0 aromatic rings. The van der Waals surface area contributed by atoms with Gasteiger partial charge < -0.3 is 10.0 Å². The third kappa shape index (κ3) is 11.4. The number of piperidine rings is 1. The molecule has 0 radical (unpaired) electrons. The van der Waals surface area contributed by atoms with Gasteiger partial charge in [0.2, 0.25) is 5.91 Å². The number of carbonyl (C=O) groups is 1. The number of hydrogen-bond acceptors (Lipinski definition) is 2. The topological polar surface area (TPSA) is 40.5 Å². The summed E-state index contributed by atoms with van der Waals surface area (Å²) in [7, 11) is 0. The van der Waals surface area contributed by atoms with Crippen LogP contribution in [0.3, 0.4) is 0 Å². The van der Waals surface area contributed by atoms with E-state index in [0.717, 1.165) is 64.3 Å². The van der Waals surface area contributed by atoms with Crippen LogP contribution in [0, 0.1) is 5.92 Å². The van der Waals surface area contributed by atoms with Gasteiger partial charge in [-0.15, -0.1) is 0 Å². The van der Waals surface area contributed by atoms with Gasteiger partial charge in [0, 0.05) is 13.0 Å². The van der Waals surface area contributed by atoms with Gasteiger partial charge in [0.05, 0.1) is 12.6 Å². The molecule has 0 bridgehead atoms.